The molecule has 1 aliphatic carbocycles. The number of nitrogens with zero attached hydrogens (tertiary/aromatic N) is 1. The Morgan fingerprint density at radius 1 is 1.67 bits per heavy atom. The summed E-state index contributed by atoms with van der Waals surface area (Å²) in [4.78, 5) is 9.99. The standard InChI is InChI=1S/C10H14ClN3O5S2/c1-2-19-7-3-5(12)9(7)13-21(17,18)8-4-6(14(15)16)10(11)20-8/h4-5,7,9,13H,2-3,12H2,1H3. The van der Waals surface area contributed by atoms with E-state index < -0.39 is 26.7 Å². The van der Waals surface area contributed by atoms with Crippen LogP contribution in [-0.4, -0.2) is 38.1 Å². The lowest BCUT2D eigenvalue weighted by molar-refractivity contribution is -0.384. The fourth-order valence-electron chi connectivity index (χ4n) is 2.02. The van der Waals surface area contributed by atoms with Crippen molar-refractivity contribution in [2.45, 2.75) is 35.7 Å². The summed E-state index contributed by atoms with van der Waals surface area (Å²) in [5, 5.41) is 10.7. The number of halogens is 1. The van der Waals surface area contributed by atoms with Crippen LogP contribution >= 0.6 is 22.9 Å². The number of hydrogen-bond donors (Lipinski definition) is 2. The molecule has 0 bridgehead atoms. The molecule has 1 aromatic rings. The van der Waals surface area contributed by atoms with E-state index in [1.807, 2.05) is 0 Å². The van der Waals surface area contributed by atoms with Crippen LogP contribution in [0.25, 0.3) is 0 Å². The van der Waals surface area contributed by atoms with Crippen LogP contribution in [0.5, 0.6) is 0 Å². The van der Waals surface area contributed by atoms with Gasteiger partial charge in [0.2, 0.25) is 0 Å². The van der Waals surface area contributed by atoms with E-state index in [1.54, 1.807) is 6.92 Å². The molecule has 0 amide bonds. The van der Waals surface area contributed by atoms with E-state index in [0.717, 1.165) is 6.07 Å². The zero-order valence-electron chi connectivity index (χ0n) is 11.0. The fourth-order valence-corrected chi connectivity index (χ4v) is 5.02. The molecular weight excluding hydrogens is 342 g/mol. The molecule has 1 aromatic heterocycles. The van der Waals surface area contributed by atoms with Gasteiger partial charge in [0, 0.05) is 18.7 Å². The summed E-state index contributed by atoms with van der Waals surface area (Å²) in [5.74, 6) is 0. The normalized spacial score (nSPS) is 25.6. The van der Waals surface area contributed by atoms with Crippen LogP contribution in [0.2, 0.25) is 4.34 Å². The molecule has 3 N–H and O–H groups in total. The van der Waals surface area contributed by atoms with Crippen molar-refractivity contribution in [2.75, 3.05) is 6.61 Å². The molecule has 1 saturated carbocycles. The second-order valence-corrected chi connectivity index (χ2v) is 8.12. The SMILES string of the molecule is CCOC1CC(N)C1NS(=O)(=O)c1cc([N+](=O)[O-])c(Cl)s1. The summed E-state index contributed by atoms with van der Waals surface area (Å²) in [6, 6.07) is 0.0477. The third-order valence-corrected chi connectivity index (χ3v) is 6.42. The quantitative estimate of drug-likeness (QED) is 0.581. The Kier molecular flexibility index (Phi) is 4.85. The maximum Gasteiger partial charge on any atom is 0.300 e. The zero-order chi connectivity index (χ0) is 15.8. The first kappa shape index (κ1) is 16.6. The van der Waals surface area contributed by atoms with Gasteiger partial charge in [-0.3, -0.25) is 10.1 Å². The number of nitrogens with one attached hydrogen (secondary N) is 1. The van der Waals surface area contributed by atoms with E-state index in [4.69, 9.17) is 22.1 Å². The molecule has 21 heavy (non-hydrogen) atoms. The number of sulfonamides is 1. The van der Waals surface area contributed by atoms with Crippen LogP contribution in [0.15, 0.2) is 10.3 Å². The second kappa shape index (κ2) is 6.15. The zero-order valence-corrected chi connectivity index (χ0v) is 13.4. The van der Waals surface area contributed by atoms with Crippen molar-refractivity contribution < 1.29 is 18.1 Å². The lowest BCUT2D eigenvalue weighted by Gasteiger charge is -2.41. The van der Waals surface area contributed by atoms with Gasteiger partial charge >= 0.3 is 0 Å². The Hall–Kier alpha value is -0.780. The first-order valence-corrected chi connectivity index (χ1v) is 8.77. The summed E-state index contributed by atoms with van der Waals surface area (Å²) < 4.78 is 31.9. The van der Waals surface area contributed by atoms with E-state index in [0.29, 0.717) is 24.4 Å². The molecule has 2 rings (SSSR count). The molecule has 1 heterocycles. The van der Waals surface area contributed by atoms with Crippen molar-refractivity contribution in [2.24, 2.45) is 5.73 Å². The van der Waals surface area contributed by atoms with Gasteiger partial charge in [-0.1, -0.05) is 11.6 Å². The number of thiophene rings is 1. The number of nitro groups is 1. The molecule has 8 nitrogen and oxygen atoms in total. The number of ether oxygens (including phenoxy) is 1. The lowest BCUT2D eigenvalue weighted by atomic mass is 9.84. The van der Waals surface area contributed by atoms with Crippen molar-refractivity contribution in [3.05, 3.63) is 20.5 Å². The average Bonchev–Trinajstić information content (AvgIpc) is 2.79. The van der Waals surface area contributed by atoms with Crippen LogP contribution in [0.4, 0.5) is 5.69 Å². The maximum atomic E-state index is 12.2. The average molecular weight is 356 g/mol. The highest BCUT2D eigenvalue weighted by atomic mass is 35.5. The predicted molar refractivity (Wildman–Crippen MR) is 78.1 cm³/mol. The van der Waals surface area contributed by atoms with Crippen molar-refractivity contribution in [1.82, 2.24) is 4.72 Å². The summed E-state index contributed by atoms with van der Waals surface area (Å²) in [6.45, 7) is 2.25. The van der Waals surface area contributed by atoms with Gasteiger partial charge in [0.05, 0.1) is 17.1 Å². The highest BCUT2D eigenvalue weighted by Crippen LogP contribution is 2.36. The van der Waals surface area contributed by atoms with E-state index in [1.165, 1.54) is 0 Å². The molecule has 11 heteroatoms. The van der Waals surface area contributed by atoms with Gasteiger partial charge in [-0.2, -0.15) is 0 Å². The van der Waals surface area contributed by atoms with Crippen molar-refractivity contribution >= 4 is 38.6 Å². The minimum absolute atomic E-state index is 0.181. The maximum absolute atomic E-state index is 12.2. The smallest absolute Gasteiger partial charge is 0.300 e. The minimum Gasteiger partial charge on any atom is -0.377 e. The summed E-state index contributed by atoms with van der Waals surface area (Å²) in [6.07, 6.45) is 0.275. The molecule has 1 fully saturated rings. The third-order valence-electron chi connectivity index (χ3n) is 3.15. The van der Waals surface area contributed by atoms with Gasteiger partial charge in [0.25, 0.3) is 15.7 Å². The highest BCUT2D eigenvalue weighted by Gasteiger charge is 2.42. The predicted octanol–water partition coefficient (Wildman–Crippen LogP) is 1.09. The Bertz CT molecular complexity index is 645. The van der Waals surface area contributed by atoms with E-state index in [9.17, 15) is 18.5 Å². The van der Waals surface area contributed by atoms with Crippen LogP contribution in [0, 0.1) is 10.1 Å². The molecule has 3 atom stereocenters. The van der Waals surface area contributed by atoms with Gasteiger partial charge in [0.1, 0.15) is 4.21 Å². The Morgan fingerprint density at radius 2 is 2.33 bits per heavy atom. The molecule has 0 radical (unpaired) electrons. The topological polar surface area (TPSA) is 125 Å². The van der Waals surface area contributed by atoms with Gasteiger partial charge in [0.15, 0.2) is 4.34 Å². The lowest BCUT2D eigenvalue weighted by Crippen LogP contribution is -2.64. The highest BCUT2D eigenvalue weighted by molar-refractivity contribution is 7.91. The Labute approximate surface area is 130 Å². The van der Waals surface area contributed by atoms with Gasteiger partial charge in [-0.05, 0) is 13.3 Å². The molecule has 0 aromatic carbocycles. The molecule has 118 valence electrons. The minimum atomic E-state index is -3.92. The van der Waals surface area contributed by atoms with Crippen molar-refractivity contribution in [3.63, 3.8) is 0 Å². The van der Waals surface area contributed by atoms with Crippen LogP contribution in [0.1, 0.15) is 13.3 Å². The second-order valence-electron chi connectivity index (χ2n) is 4.52. The van der Waals surface area contributed by atoms with E-state index >= 15 is 0 Å². The first-order valence-electron chi connectivity index (χ1n) is 6.09. The fraction of sp³-hybridized carbons (Fsp3) is 0.600. The molecule has 0 aliphatic heterocycles. The molecular formula is C10H14ClN3O5S2. The largest absolute Gasteiger partial charge is 0.377 e. The Morgan fingerprint density at radius 3 is 2.81 bits per heavy atom. The van der Waals surface area contributed by atoms with Gasteiger partial charge in [-0.15, -0.1) is 11.3 Å². The Balaban J connectivity index is 2.19. The van der Waals surface area contributed by atoms with Crippen molar-refractivity contribution in [1.29, 1.82) is 0 Å². The summed E-state index contributed by atoms with van der Waals surface area (Å²) in [5.41, 5.74) is 5.34. The number of hydrogen-bond acceptors (Lipinski definition) is 7. The summed E-state index contributed by atoms with van der Waals surface area (Å²) in [7, 11) is -3.92. The first-order chi connectivity index (χ1) is 9.76. The molecule has 0 spiro atoms. The molecule has 0 saturated heterocycles. The third kappa shape index (κ3) is 3.35. The van der Waals surface area contributed by atoms with E-state index in [2.05, 4.69) is 4.72 Å². The van der Waals surface area contributed by atoms with Crippen LogP contribution in [-0.2, 0) is 14.8 Å². The molecule has 3 unspecified atom stereocenters. The van der Waals surface area contributed by atoms with Crippen molar-refractivity contribution in [3.8, 4) is 0 Å². The van der Waals surface area contributed by atoms with Gasteiger partial charge < -0.3 is 10.5 Å². The molecule has 1 aliphatic rings. The van der Waals surface area contributed by atoms with E-state index in [-0.39, 0.29) is 20.7 Å². The number of rotatable bonds is 6. The monoisotopic (exact) mass is 355 g/mol. The van der Waals surface area contributed by atoms with Crippen LogP contribution < -0.4 is 10.5 Å². The van der Waals surface area contributed by atoms with Gasteiger partial charge in [-0.25, -0.2) is 13.1 Å². The van der Waals surface area contributed by atoms with Crippen LogP contribution in [0.3, 0.4) is 0 Å². The summed E-state index contributed by atoms with van der Waals surface area (Å²) >= 11 is 6.31. The number of nitrogens with two attached hydrogens (primary N) is 1.